The standard InChI is InChI=1S/C15H26N2O/c1-11(2)6-5-9-18-15-8-7-13(4)17-14(15)10-12(3)16/h7-8,11-12H,5-6,9-10,16H2,1-4H3. The van der Waals surface area contributed by atoms with Gasteiger partial charge in [-0.2, -0.15) is 0 Å². The fourth-order valence-electron chi connectivity index (χ4n) is 1.85. The fourth-order valence-corrected chi connectivity index (χ4v) is 1.85. The predicted molar refractivity (Wildman–Crippen MR) is 75.9 cm³/mol. The van der Waals surface area contributed by atoms with E-state index in [0.29, 0.717) is 0 Å². The summed E-state index contributed by atoms with van der Waals surface area (Å²) in [4.78, 5) is 4.52. The Hall–Kier alpha value is -1.09. The second-order valence-electron chi connectivity index (χ2n) is 5.46. The van der Waals surface area contributed by atoms with Gasteiger partial charge in [0.15, 0.2) is 0 Å². The number of pyridine rings is 1. The summed E-state index contributed by atoms with van der Waals surface area (Å²) in [6.07, 6.45) is 3.05. The summed E-state index contributed by atoms with van der Waals surface area (Å²) in [5.74, 6) is 1.62. The van der Waals surface area contributed by atoms with Gasteiger partial charge in [-0.25, -0.2) is 0 Å². The number of rotatable bonds is 7. The monoisotopic (exact) mass is 250 g/mol. The molecule has 1 aromatic rings. The maximum absolute atomic E-state index is 5.84. The molecule has 0 saturated carbocycles. The molecule has 1 rings (SSSR count). The van der Waals surface area contributed by atoms with Gasteiger partial charge in [-0.1, -0.05) is 13.8 Å². The maximum Gasteiger partial charge on any atom is 0.140 e. The van der Waals surface area contributed by atoms with Gasteiger partial charge in [-0.3, -0.25) is 4.98 Å². The van der Waals surface area contributed by atoms with Crippen LogP contribution in [-0.2, 0) is 6.42 Å². The van der Waals surface area contributed by atoms with Crippen LogP contribution < -0.4 is 10.5 Å². The van der Waals surface area contributed by atoms with E-state index in [4.69, 9.17) is 10.5 Å². The molecule has 1 unspecified atom stereocenters. The van der Waals surface area contributed by atoms with Crippen molar-refractivity contribution in [1.29, 1.82) is 0 Å². The number of hydrogen-bond donors (Lipinski definition) is 1. The molecule has 0 aliphatic heterocycles. The minimum atomic E-state index is 0.109. The zero-order valence-electron chi connectivity index (χ0n) is 12.1. The first-order chi connectivity index (χ1) is 8.49. The highest BCUT2D eigenvalue weighted by Gasteiger charge is 2.08. The van der Waals surface area contributed by atoms with Crippen LogP contribution >= 0.6 is 0 Å². The molecule has 0 aliphatic rings. The summed E-state index contributed by atoms with van der Waals surface area (Å²) in [5, 5.41) is 0. The first-order valence-electron chi connectivity index (χ1n) is 6.84. The SMILES string of the molecule is Cc1ccc(OCCCC(C)C)c(CC(C)N)n1. The number of nitrogens with zero attached hydrogens (tertiary/aromatic N) is 1. The third kappa shape index (κ3) is 5.50. The molecule has 0 amide bonds. The molecule has 0 bridgehead atoms. The molecule has 0 fully saturated rings. The summed E-state index contributed by atoms with van der Waals surface area (Å²) in [5.41, 5.74) is 7.84. The lowest BCUT2D eigenvalue weighted by Crippen LogP contribution is -2.19. The Morgan fingerprint density at radius 3 is 2.61 bits per heavy atom. The van der Waals surface area contributed by atoms with E-state index in [0.717, 1.165) is 42.5 Å². The van der Waals surface area contributed by atoms with Crippen LogP contribution in [0, 0.1) is 12.8 Å². The molecule has 3 heteroatoms. The van der Waals surface area contributed by atoms with Crippen molar-refractivity contribution in [3.63, 3.8) is 0 Å². The second-order valence-corrected chi connectivity index (χ2v) is 5.46. The number of hydrogen-bond acceptors (Lipinski definition) is 3. The van der Waals surface area contributed by atoms with E-state index in [2.05, 4.69) is 18.8 Å². The molecule has 1 atom stereocenters. The van der Waals surface area contributed by atoms with Crippen LogP contribution in [-0.4, -0.2) is 17.6 Å². The molecular formula is C15H26N2O. The Labute approximate surface area is 111 Å². The fraction of sp³-hybridized carbons (Fsp3) is 0.667. The van der Waals surface area contributed by atoms with Crippen molar-refractivity contribution in [3.05, 3.63) is 23.5 Å². The third-order valence-electron chi connectivity index (χ3n) is 2.77. The van der Waals surface area contributed by atoms with E-state index in [1.807, 2.05) is 26.0 Å². The first-order valence-corrected chi connectivity index (χ1v) is 6.84. The number of ether oxygens (including phenoxy) is 1. The summed E-state index contributed by atoms with van der Waals surface area (Å²) in [6.45, 7) is 9.21. The molecule has 0 radical (unpaired) electrons. The molecule has 2 N–H and O–H groups in total. The maximum atomic E-state index is 5.84. The molecule has 1 heterocycles. The Kier molecular flexibility index (Phi) is 6.13. The van der Waals surface area contributed by atoms with Crippen molar-refractivity contribution in [2.45, 2.75) is 53.0 Å². The smallest absolute Gasteiger partial charge is 0.140 e. The van der Waals surface area contributed by atoms with Gasteiger partial charge < -0.3 is 10.5 Å². The molecule has 0 spiro atoms. The van der Waals surface area contributed by atoms with Crippen molar-refractivity contribution in [1.82, 2.24) is 4.98 Å². The van der Waals surface area contributed by atoms with E-state index in [-0.39, 0.29) is 6.04 Å². The van der Waals surface area contributed by atoms with E-state index in [1.165, 1.54) is 6.42 Å². The van der Waals surface area contributed by atoms with E-state index >= 15 is 0 Å². The molecule has 0 aromatic carbocycles. The van der Waals surface area contributed by atoms with Crippen LogP contribution in [0.15, 0.2) is 12.1 Å². The van der Waals surface area contributed by atoms with Gasteiger partial charge in [0.2, 0.25) is 0 Å². The summed E-state index contributed by atoms with van der Waals surface area (Å²) in [7, 11) is 0. The lowest BCUT2D eigenvalue weighted by Gasteiger charge is -2.13. The van der Waals surface area contributed by atoms with E-state index in [9.17, 15) is 0 Å². The quantitative estimate of drug-likeness (QED) is 0.756. The summed E-state index contributed by atoms with van der Waals surface area (Å²) < 4.78 is 5.83. The average molecular weight is 250 g/mol. The topological polar surface area (TPSA) is 48.1 Å². The molecule has 0 aliphatic carbocycles. The second kappa shape index (κ2) is 7.37. The normalized spacial score (nSPS) is 12.8. The van der Waals surface area contributed by atoms with E-state index in [1.54, 1.807) is 0 Å². The highest BCUT2D eigenvalue weighted by molar-refractivity contribution is 5.29. The molecule has 3 nitrogen and oxygen atoms in total. The zero-order valence-corrected chi connectivity index (χ0v) is 12.1. The van der Waals surface area contributed by atoms with Crippen LogP contribution in [0.3, 0.4) is 0 Å². The molecular weight excluding hydrogens is 224 g/mol. The van der Waals surface area contributed by atoms with Gasteiger partial charge in [-0.15, -0.1) is 0 Å². The molecule has 102 valence electrons. The average Bonchev–Trinajstić information content (AvgIpc) is 2.25. The Morgan fingerprint density at radius 2 is 2.00 bits per heavy atom. The number of nitrogens with two attached hydrogens (primary N) is 1. The Bertz CT molecular complexity index is 362. The van der Waals surface area contributed by atoms with Crippen LogP contribution in [0.2, 0.25) is 0 Å². The number of aromatic nitrogens is 1. The zero-order chi connectivity index (χ0) is 13.5. The van der Waals surface area contributed by atoms with Crippen molar-refractivity contribution >= 4 is 0 Å². The van der Waals surface area contributed by atoms with Gasteiger partial charge in [0.1, 0.15) is 5.75 Å². The highest BCUT2D eigenvalue weighted by Crippen LogP contribution is 2.19. The van der Waals surface area contributed by atoms with Crippen LogP contribution in [0.1, 0.15) is 45.0 Å². The molecule has 18 heavy (non-hydrogen) atoms. The first kappa shape index (κ1) is 15.0. The highest BCUT2D eigenvalue weighted by atomic mass is 16.5. The van der Waals surface area contributed by atoms with E-state index < -0.39 is 0 Å². The summed E-state index contributed by atoms with van der Waals surface area (Å²) >= 11 is 0. The van der Waals surface area contributed by atoms with Crippen molar-refractivity contribution in [2.75, 3.05) is 6.61 Å². The van der Waals surface area contributed by atoms with Crippen LogP contribution in [0.25, 0.3) is 0 Å². The van der Waals surface area contributed by atoms with Gasteiger partial charge in [0.05, 0.1) is 12.3 Å². The largest absolute Gasteiger partial charge is 0.492 e. The van der Waals surface area contributed by atoms with Gasteiger partial charge in [-0.05, 0) is 44.7 Å². The van der Waals surface area contributed by atoms with Crippen molar-refractivity contribution < 1.29 is 4.74 Å². The summed E-state index contributed by atoms with van der Waals surface area (Å²) in [6, 6.07) is 4.11. The van der Waals surface area contributed by atoms with Crippen LogP contribution in [0.5, 0.6) is 5.75 Å². The lowest BCUT2D eigenvalue weighted by atomic mass is 10.1. The van der Waals surface area contributed by atoms with Crippen LogP contribution in [0.4, 0.5) is 0 Å². The van der Waals surface area contributed by atoms with Gasteiger partial charge in [0, 0.05) is 18.2 Å². The van der Waals surface area contributed by atoms with Crippen molar-refractivity contribution in [3.8, 4) is 5.75 Å². The Balaban J connectivity index is 2.57. The predicted octanol–water partition coefficient (Wildman–Crippen LogP) is 3.09. The van der Waals surface area contributed by atoms with Gasteiger partial charge >= 0.3 is 0 Å². The van der Waals surface area contributed by atoms with Crippen molar-refractivity contribution in [2.24, 2.45) is 11.7 Å². The lowest BCUT2D eigenvalue weighted by molar-refractivity contribution is 0.293. The Morgan fingerprint density at radius 1 is 1.28 bits per heavy atom. The molecule has 1 aromatic heterocycles. The number of aryl methyl sites for hydroxylation is 1. The third-order valence-corrected chi connectivity index (χ3v) is 2.77. The van der Waals surface area contributed by atoms with Gasteiger partial charge in [0.25, 0.3) is 0 Å². The molecule has 0 saturated heterocycles. The minimum Gasteiger partial charge on any atom is -0.492 e. The minimum absolute atomic E-state index is 0.109.